The highest BCUT2D eigenvalue weighted by Gasteiger charge is 2.18. The van der Waals surface area contributed by atoms with E-state index in [9.17, 15) is 9.59 Å². The Morgan fingerprint density at radius 2 is 1.96 bits per heavy atom. The number of carbonyl (C=O) groups excluding carboxylic acids is 1. The van der Waals surface area contributed by atoms with Crippen LogP contribution in [0.2, 0.25) is 0 Å². The van der Waals surface area contributed by atoms with E-state index in [4.69, 9.17) is 10.7 Å². The molecule has 0 fully saturated rings. The molecule has 1 amide bonds. The quantitative estimate of drug-likeness (QED) is 0.554. The average molecular weight is 396 g/mol. The fraction of sp³-hybridized carbons (Fsp3) is 0.150. The molecule has 0 aliphatic heterocycles. The van der Waals surface area contributed by atoms with Crippen molar-refractivity contribution >= 4 is 38.8 Å². The highest BCUT2D eigenvalue weighted by Crippen LogP contribution is 2.34. The summed E-state index contributed by atoms with van der Waals surface area (Å²) in [7, 11) is 0. The maximum absolute atomic E-state index is 13.4. The maximum Gasteiger partial charge on any atom is 0.263 e. The van der Waals surface area contributed by atoms with E-state index in [2.05, 4.69) is 0 Å². The van der Waals surface area contributed by atoms with Crippen molar-refractivity contribution in [1.82, 2.24) is 9.55 Å². The van der Waals surface area contributed by atoms with Crippen molar-refractivity contribution in [3.8, 4) is 21.8 Å². The van der Waals surface area contributed by atoms with Gasteiger partial charge in [-0.25, -0.2) is 4.98 Å². The summed E-state index contributed by atoms with van der Waals surface area (Å²) in [6.45, 7) is 2.22. The molecule has 0 aliphatic carbocycles. The number of hydrogen-bond acceptors (Lipinski definition) is 5. The Hall–Kier alpha value is -2.77. The van der Waals surface area contributed by atoms with E-state index < -0.39 is 5.91 Å². The molecule has 7 heteroatoms. The molecule has 3 heterocycles. The van der Waals surface area contributed by atoms with Crippen LogP contribution in [-0.4, -0.2) is 15.5 Å². The molecule has 0 radical (unpaired) electrons. The zero-order chi connectivity index (χ0) is 19.0. The first-order chi connectivity index (χ1) is 13.0. The van der Waals surface area contributed by atoms with E-state index >= 15 is 0 Å². The SMILES string of the molecule is Cc1ccc(-c2nc3scc(-c4cccs4)c3c(=O)n2CCC(N)=O)cc1. The number of aromatic nitrogens is 2. The van der Waals surface area contributed by atoms with Crippen LogP contribution >= 0.6 is 22.7 Å². The van der Waals surface area contributed by atoms with Gasteiger partial charge in [0, 0.05) is 34.3 Å². The van der Waals surface area contributed by atoms with Crippen LogP contribution in [0.3, 0.4) is 0 Å². The smallest absolute Gasteiger partial charge is 0.263 e. The van der Waals surface area contributed by atoms with Crippen LogP contribution in [0.25, 0.3) is 32.0 Å². The van der Waals surface area contributed by atoms with Gasteiger partial charge in [0.25, 0.3) is 5.56 Å². The molecule has 0 saturated heterocycles. The molecule has 2 N–H and O–H groups in total. The van der Waals surface area contributed by atoms with Crippen LogP contribution < -0.4 is 11.3 Å². The minimum absolute atomic E-state index is 0.0877. The van der Waals surface area contributed by atoms with Crippen molar-refractivity contribution in [3.63, 3.8) is 0 Å². The van der Waals surface area contributed by atoms with Crippen LogP contribution in [0.1, 0.15) is 12.0 Å². The second-order valence-corrected chi connectivity index (χ2v) is 8.09. The minimum Gasteiger partial charge on any atom is -0.370 e. The van der Waals surface area contributed by atoms with Gasteiger partial charge in [-0.15, -0.1) is 22.7 Å². The number of nitrogens with zero attached hydrogens (tertiary/aromatic N) is 2. The van der Waals surface area contributed by atoms with Gasteiger partial charge in [0.2, 0.25) is 5.91 Å². The normalized spacial score (nSPS) is 11.1. The van der Waals surface area contributed by atoms with Crippen LogP contribution in [0, 0.1) is 6.92 Å². The predicted molar refractivity (Wildman–Crippen MR) is 111 cm³/mol. The van der Waals surface area contributed by atoms with Crippen molar-refractivity contribution in [2.75, 3.05) is 0 Å². The minimum atomic E-state index is -0.444. The van der Waals surface area contributed by atoms with E-state index in [1.54, 1.807) is 15.9 Å². The first kappa shape index (κ1) is 17.6. The van der Waals surface area contributed by atoms with Crippen molar-refractivity contribution in [2.45, 2.75) is 19.9 Å². The van der Waals surface area contributed by atoms with Crippen LogP contribution in [0.4, 0.5) is 0 Å². The van der Waals surface area contributed by atoms with Crippen LogP contribution in [0.15, 0.2) is 52.0 Å². The Labute approximate surface area is 163 Å². The fourth-order valence-corrected chi connectivity index (χ4v) is 4.74. The van der Waals surface area contributed by atoms with E-state index in [1.165, 1.54) is 11.3 Å². The van der Waals surface area contributed by atoms with Crippen molar-refractivity contribution in [2.24, 2.45) is 5.73 Å². The molecule has 4 rings (SSSR count). The third-order valence-corrected chi connectivity index (χ3v) is 6.15. The molecule has 3 aromatic heterocycles. The van der Waals surface area contributed by atoms with Gasteiger partial charge >= 0.3 is 0 Å². The number of fused-ring (bicyclic) bond motifs is 1. The summed E-state index contributed by atoms with van der Waals surface area (Å²) in [6.07, 6.45) is 0.0877. The summed E-state index contributed by atoms with van der Waals surface area (Å²) in [6, 6.07) is 11.8. The first-order valence-electron chi connectivity index (χ1n) is 8.46. The number of rotatable bonds is 5. The van der Waals surface area contributed by atoms with E-state index in [0.717, 1.165) is 21.6 Å². The molecule has 0 unspecified atom stereocenters. The van der Waals surface area contributed by atoms with Gasteiger partial charge in [-0.05, 0) is 18.4 Å². The number of aryl methyl sites for hydroxylation is 1. The third-order valence-electron chi connectivity index (χ3n) is 4.37. The van der Waals surface area contributed by atoms with E-state index in [0.29, 0.717) is 16.0 Å². The third kappa shape index (κ3) is 3.31. The first-order valence-corrected chi connectivity index (χ1v) is 10.2. The number of primary amides is 1. The summed E-state index contributed by atoms with van der Waals surface area (Å²) in [5.74, 6) is 0.119. The number of hydrogen-bond donors (Lipinski definition) is 1. The molecule has 4 aromatic rings. The zero-order valence-corrected chi connectivity index (χ0v) is 16.3. The average Bonchev–Trinajstić information content (AvgIpc) is 3.30. The molecule has 0 aliphatic rings. The Kier molecular flexibility index (Phi) is 4.63. The lowest BCUT2D eigenvalue weighted by Crippen LogP contribution is -2.26. The topological polar surface area (TPSA) is 78.0 Å². The molecule has 5 nitrogen and oxygen atoms in total. The highest BCUT2D eigenvalue weighted by molar-refractivity contribution is 7.18. The number of thiophene rings is 2. The van der Waals surface area contributed by atoms with E-state index in [-0.39, 0.29) is 18.5 Å². The lowest BCUT2D eigenvalue weighted by molar-refractivity contribution is -0.118. The molecule has 136 valence electrons. The molecular formula is C20H17N3O2S2. The zero-order valence-electron chi connectivity index (χ0n) is 14.6. The monoisotopic (exact) mass is 395 g/mol. The summed E-state index contributed by atoms with van der Waals surface area (Å²) in [4.78, 5) is 31.2. The Morgan fingerprint density at radius 3 is 2.63 bits per heavy atom. The van der Waals surface area contributed by atoms with Crippen molar-refractivity contribution in [3.05, 3.63) is 63.1 Å². The molecule has 0 bridgehead atoms. The highest BCUT2D eigenvalue weighted by atomic mass is 32.1. The van der Waals surface area contributed by atoms with E-state index in [1.807, 2.05) is 54.1 Å². The second kappa shape index (κ2) is 7.09. The van der Waals surface area contributed by atoms with Gasteiger partial charge in [0.05, 0.1) is 5.39 Å². The Balaban J connectivity index is 1.97. The lowest BCUT2D eigenvalue weighted by Gasteiger charge is -2.12. The molecule has 27 heavy (non-hydrogen) atoms. The fourth-order valence-electron chi connectivity index (χ4n) is 2.99. The molecule has 1 aromatic carbocycles. The van der Waals surface area contributed by atoms with Gasteiger partial charge in [0.1, 0.15) is 10.7 Å². The van der Waals surface area contributed by atoms with Crippen LogP contribution in [-0.2, 0) is 11.3 Å². The second-order valence-electron chi connectivity index (χ2n) is 6.28. The summed E-state index contributed by atoms with van der Waals surface area (Å²) in [5.41, 5.74) is 8.05. The van der Waals surface area contributed by atoms with Gasteiger partial charge in [0.15, 0.2) is 0 Å². The van der Waals surface area contributed by atoms with Gasteiger partial charge < -0.3 is 5.73 Å². The van der Waals surface area contributed by atoms with Crippen LogP contribution in [0.5, 0.6) is 0 Å². The maximum atomic E-state index is 13.4. The number of amides is 1. The van der Waals surface area contributed by atoms with Crippen molar-refractivity contribution < 1.29 is 4.79 Å². The Bertz CT molecular complexity index is 1170. The molecule has 0 spiro atoms. The summed E-state index contributed by atoms with van der Waals surface area (Å²) < 4.78 is 1.57. The largest absolute Gasteiger partial charge is 0.370 e. The van der Waals surface area contributed by atoms with Gasteiger partial charge in [-0.1, -0.05) is 35.9 Å². The lowest BCUT2D eigenvalue weighted by atomic mass is 10.1. The molecular weight excluding hydrogens is 378 g/mol. The molecule has 0 atom stereocenters. The summed E-state index contributed by atoms with van der Waals surface area (Å²) >= 11 is 3.05. The predicted octanol–water partition coefficient (Wildman–Crippen LogP) is 4.04. The van der Waals surface area contributed by atoms with Gasteiger partial charge in [-0.3, -0.25) is 14.2 Å². The Morgan fingerprint density at radius 1 is 1.19 bits per heavy atom. The number of carbonyl (C=O) groups is 1. The molecule has 0 saturated carbocycles. The number of benzene rings is 1. The van der Waals surface area contributed by atoms with Gasteiger partial charge in [-0.2, -0.15) is 0 Å². The standard InChI is InChI=1S/C20H17N3O2S2/c1-12-4-6-13(7-5-12)18-22-19-17(20(25)23(18)9-8-16(21)24)14(11-27-19)15-3-2-10-26-15/h2-7,10-11H,8-9H2,1H3,(H2,21,24). The summed E-state index contributed by atoms with van der Waals surface area (Å²) in [5, 5.41) is 4.56. The number of nitrogens with two attached hydrogens (primary N) is 1. The van der Waals surface area contributed by atoms with Crippen molar-refractivity contribution in [1.29, 1.82) is 0 Å².